The minimum absolute atomic E-state index is 0. The van der Waals surface area contributed by atoms with E-state index in [9.17, 15) is 25.2 Å². The molecule has 16 heteroatoms. The normalized spacial score (nSPS) is 12.8. The van der Waals surface area contributed by atoms with Crippen LogP contribution in [0.1, 0.15) is 30.5 Å². The number of fused-ring (bicyclic) bond motifs is 2. The molecule has 0 radical (unpaired) electrons. The first kappa shape index (κ1) is 62.6. The van der Waals surface area contributed by atoms with Crippen molar-refractivity contribution in [3.63, 3.8) is 0 Å². The van der Waals surface area contributed by atoms with Gasteiger partial charge < -0.3 is 4.74 Å². The van der Waals surface area contributed by atoms with Gasteiger partial charge in [-0.25, -0.2) is 0 Å². The van der Waals surface area contributed by atoms with E-state index in [1.165, 1.54) is 59.1 Å². The number of ether oxygens (including phenoxy) is 1. The Labute approximate surface area is 476 Å². The van der Waals surface area contributed by atoms with Gasteiger partial charge in [0.15, 0.2) is 0 Å². The monoisotopic (exact) mass is 1230 g/mol. The van der Waals surface area contributed by atoms with Crippen LogP contribution in [0.15, 0.2) is 249 Å². The second-order valence-electron chi connectivity index (χ2n) is 17.0. The van der Waals surface area contributed by atoms with E-state index in [4.69, 9.17) is 51.1 Å². The summed E-state index contributed by atoms with van der Waals surface area (Å²) in [5.74, 6) is 2.02. The van der Waals surface area contributed by atoms with Crippen LogP contribution < -0.4 is 47.2 Å². The molecule has 0 N–H and O–H groups in total. The molecule has 0 saturated carbocycles. The van der Waals surface area contributed by atoms with Crippen molar-refractivity contribution >= 4 is 120 Å². The predicted molar refractivity (Wildman–Crippen MR) is 318 cm³/mol. The SMILES string of the molecule is CC1(C)c2cccc(P(c3ccccc3)c3ccccc3)c2Oc2c(P(c3ccccc3)c3ccccc3)cccc21.ClCCl.ClCCl.F[P-](F)(F)(F)(F)F.[Cu+].c1ccc(CP(c2ccccc2)c2ccccc2)cc1. The zero-order valence-corrected chi connectivity index (χ0v) is 48.6. The Kier molecular flexibility index (Phi) is 23.5. The molecule has 0 unspecified atom stereocenters. The van der Waals surface area contributed by atoms with Crippen molar-refractivity contribution in [2.24, 2.45) is 0 Å². The van der Waals surface area contributed by atoms with Crippen LogP contribution in [0, 0.1) is 0 Å². The molecule has 1 aliphatic heterocycles. The molecule has 9 aromatic rings. The minimum atomic E-state index is -10.7. The van der Waals surface area contributed by atoms with Crippen molar-refractivity contribution in [2.45, 2.75) is 25.4 Å². The number of alkyl halides is 4. The van der Waals surface area contributed by atoms with Crippen LogP contribution in [0.5, 0.6) is 11.5 Å². The second kappa shape index (κ2) is 28.6. The topological polar surface area (TPSA) is 9.23 Å². The van der Waals surface area contributed by atoms with Crippen LogP contribution >= 0.6 is 78.0 Å². The Hall–Kier alpha value is -4.24. The summed E-state index contributed by atoms with van der Waals surface area (Å²) >= 11 is 19.1. The average molecular weight is 1230 g/mol. The molecule has 400 valence electrons. The molecule has 1 aliphatic rings. The summed E-state index contributed by atoms with van der Waals surface area (Å²) in [5, 5.41) is 11.1. The van der Waals surface area contributed by atoms with Gasteiger partial charge in [-0.05, 0) is 61.2 Å². The first-order valence-corrected chi connectivity index (χ1v) is 31.7. The smallest absolute Gasteiger partial charge is 0.0622 e. The second-order valence-corrected chi connectivity index (χ2v) is 27.1. The third kappa shape index (κ3) is 19.0. The van der Waals surface area contributed by atoms with E-state index >= 15 is 0 Å². The first-order valence-electron chi connectivity index (χ1n) is 23.3. The van der Waals surface area contributed by atoms with E-state index in [1.807, 2.05) is 0 Å². The van der Waals surface area contributed by atoms with Crippen LogP contribution in [0.4, 0.5) is 25.2 Å². The maximum Gasteiger partial charge on any atom is 1.00 e. The van der Waals surface area contributed by atoms with Crippen molar-refractivity contribution in [1.29, 1.82) is 0 Å². The van der Waals surface area contributed by atoms with Crippen LogP contribution in [-0.2, 0) is 28.6 Å². The van der Waals surface area contributed by atoms with Gasteiger partial charge in [-0.1, -0.05) is 263 Å². The summed E-state index contributed by atoms with van der Waals surface area (Å²) in [6.07, 6.45) is 1.10. The Morgan fingerprint density at radius 2 is 0.605 bits per heavy atom. The molecule has 0 amide bonds. The first-order chi connectivity index (χ1) is 35.8. The Morgan fingerprint density at radius 3 is 0.868 bits per heavy atom. The average Bonchev–Trinajstić information content (AvgIpc) is 3.42. The quantitative estimate of drug-likeness (QED) is 0.0574. The predicted octanol–water partition coefficient (Wildman–Crippen LogP) is 18.2. The zero-order chi connectivity index (χ0) is 54.0. The van der Waals surface area contributed by atoms with Crippen molar-refractivity contribution < 1.29 is 47.0 Å². The number of halogens is 10. The van der Waals surface area contributed by atoms with Gasteiger partial charge in [-0.15, -0.1) is 46.4 Å². The molecule has 1 nitrogen and oxygen atoms in total. The summed E-state index contributed by atoms with van der Waals surface area (Å²) in [5.41, 5.74) is 3.67. The maximum atomic E-state index is 9.87. The van der Waals surface area contributed by atoms with Crippen LogP contribution in [0.2, 0.25) is 0 Å². The van der Waals surface area contributed by atoms with E-state index < -0.39 is 23.7 Å². The number of hydrogen-bond acceptors (Lipinski definition) is 1. The van der Waals surface area contributed by atoms with Gasteiger partial charge >= 0.3 is 50.1 Å². The van der Waals surface area contributed by atoms with Gasteiger partial charge in [0.25, 0.3) is 0 Å². The molecule has 76 heavy (non-hydrogen) atoms. The standard InChI is InChI=1S/C39H32OP2.C19H17P.2CH2Cl2.Cu.F6P/c1-39(2)33-25-15-27-35(41(29-17-7-3-8-18-29)30-19-9-4-10-20-30)37(33)40-38-34(39)26-16-28-36(38)42(31-21-11-5-12-22-31)32-23-13-6-14-24-32;1-4-10-17(11-5-1)16-20(18-12-6-2-7-13-18)19-14-8-3-9-15-19;2*2-1-3;;1-7(2,3,4,5)6/h3-28H,1-2H3;1-15H,16H2;2*1H2;;/q;;;;+1;-1. The zero-order valence-electron chi connectivity index (χ0n) is 41.1. The van der Waals surface area contributed by atoms with Gasteiger partial charge in [0.1, 0.15) is 11.5 Å². The Balaban J connectivity index is 0.000000260. The molecule has 0 aromatic heterocycles. The summed E-state index contributed by atoms with van der Waals surface area (Å²) in [6, 6.07) is 89.7. The summed E-state index contributed by atoms with van der Waals surface area (Å²) in [4.78, 5) is 0. The summed E-state index contributed by atoms with van der Waals surface area (Å²) < 4.78 is 66.5. The van der Waals surface area contributed by atoms with E-state index in [0.717, 1.165) is 17.7 Å². The fraction of sp³-hybridized carbons (Fsp3) is 0.100. The maximum absolute atomic E-state index is 10.7. The molecule has 0 aliphatic carbocycles. The molecular formula is C60H53Cl4CuF6OP4. The third-order valence-corrected chi connectivity index (χ3v) is 18.8. The largest absolute Gasteiger partial charge is 1.00 e. The molecule has 0 saturated heterocycles. The fourth-order valence-corrected chi connectivity index (χ4v) is 15.4. The molecule has 1 heterocycles. The molecular weight excluding hydrogens is 1180 g/mol. The van der Waals surface area contributed by atoms with E-state index in [1.54, 1.807) is 0 Å². The number of para-hydroxylation sites is 2. The Bertz CT molecular complexity index is 2860. The molecule has 10 rings (SSSR count). The van der Waals surface area contributed by atoms with Gasteiger partial charge in [0, 0.05) is 33.3 Å². The summed E-state index contributed by atoms with van der Waals surface area (Å²) in [7, 11) is -12.6. The van der Waals surface area contributed by atoms with Gasteiger partial charge in [0.2, 0.25) is 0 Å². The summed E-state index contributed by atoms with van der Waals surface area (Å²) in [6.45, 7) is 4.70. The van der Waals surface area contributed by atoms with Crippen molar-refractivity contribution in [3.8, 4) is 11.5 Å². The number of rotatable bonds is 10. The number of benzene rings is 9. The third-order valence-electron chi connectivity index (χ3n) is 11.4. The van der Waals surface area contributed by atoms with Crippen LogP contribution in [0.3, 0.4) is 0 Å². The van der Waals surface area contributed by atoms with Gasteiger partial charge in [-0.3, -0.25) is 0 Å². The Morgan fingerprint density at radius 1 is 0.368 bits per heavy atom. The molecule has 0 spiro atoms. The van der Waals surface area contributed by atoms with Crippen molar-refractivity contribution in [2.75, 3.05) is 10.7 Å². The van der Waals surface area contributed by atoms with Crippen LogP contribution in [0.25, 0.3) is 0 Å². The molecule has 0 bridgehead atoms. The van der Waals surface area contributed by atoms with Crippen molar-refractivity contribution in [1.82, 2.24) is 0 Å². The van der Waals surface area contributed by atoms with E-state index in [-0.39, 0.29) is 41.1 Å². The minimum Gasteiger partial charge on any atom is -0.0622 e. The van der Waals surface area contributed by atoms with E-state index in [0.29, 0.717) is 0 Å². The molecule has 0 fully saturated rings. The molecule has 9 aromatic carbocycles. The van der Waals surface area contributed by atoms with Gasteiger partial charge in [0.05, 0.1) is 10.7 Å². The number of hydrogen-bond donors (Lipinski definition) is 0. The fourth-order valence-electron chi connectivity index (χ4n) is 8.32. The van der Waals surface area contributed by atoms with Crippen molar-refractivity contribution in [3.05, 3.63) is 265 Å². The molecule has 0 atom stereocenters. The van der Waals surface area contributed by atoms with E-state index in [2.05, 4.69) is 263 Å². The van der Waals surface area contributed by atoms with Gasteiger partial charge in [-0.2, -0.15) is 0 Å². The van der Waals surface area contributed by atoms with Crippen LogP contribution in [-0.4, -0.2) is 10.7 Å².